The molecule has 0 spiro atoms. The fourth-order valence-electron chi connectivity index (χ4n) is 4.92. The first kappa shape index (κ1) is 23.3. The molecule has 2 aromatic rings. The number of rotatable bonds is 9. The molecule has 33 heavy (non-hydrogen) atoms. The van der Waals surface area contributed by atoms with Crippen molar-refractivity contribution in [1.82, 2.24) is 10.2 Å². The Hall–Kier alpha value is -2.86. The van der Waals surface area contributed by atoms with E-state index in [9.17, 15) is 9.59 Å². The lowest BCUT2D eigenvalue weighted by Crippen LogP contribution is -2.46. The molecule has 2 amide bonds. The molecule has 0 radical (unpaired) electrons. The summed E-state index contributed by atoms with van der Waals surface area (Å²) in [6.45, 7) is 2.08. The van der Waals surface area contributed by atoms with Crippen molar-refractivity contribution < 1.29 is 19.1 Å². The number of likely N-dealkylation sites (tertiary alicyclic amines) is 1. The first-order valence-electron chi connectivity index (χ1n) is 11.9. The summed E-state index contributed by atoms with van der Waals surface area (Å²) in [5.74, 6) is 1.05. The minimum atomic E-state index is -0.365. The Morgan fingerprint density at radius 3 is 2.55 bits per heavy atom. The van der Waals surface area contributed by atoms with Crippen LogP contribution in [0.1, 0.15) is 49.7 Å². The monoisotopic (exact) mass is 450 g/mol. The van der Waals surface area contributed by atoms with Crippen molar-refractivity contribution in [2.45, 2.75) is 63.2 Å². The molecule has 2 fully saturated rings. The summed E-state index contributed by atoms with van der Waals surface area (Å²) in [6.07, 6.45) is 5.00. The van der Waals surface area contributed by atoms with Crippen LogP contribution in [0.4, 0.5) is 0 Å². The summed E-state index contributed by atoms with van der Waals surface area (Å²) in [7, 11) is 1.65. The molecule has 2 aliphatic heterocycles. The molecule has 0 bridgehead atoms. The van der Waals surface area contributed by atoms with Gasteiger partial charge in [-0.15, -0.1) is 0 Å². The number of amides is 2. The largest absolute Gasteiger partial charge is 0.497 e. The van der Waals surface area contributed by atoms with Gasteiger partial charge in [0.2, 0.25) is 11.8 Å². The molecule has 0 aromatic heterocycles. The van der Waals surface area contributed by atoms with Gasteiger partial charge in [-0.2, -0.15) is 0 Å². The quantitative estimate of drug-likeness (QED) is 0.630. The number of hydrogen-bond acceptors (Lipinski definition) is 4. The van der Waals surface area contributed by atoms with Gasteiger partial charge in [-0.1, -0.05) is 42.5 Å². The summed E-state index contributed by atoms with van der Waals surface area (Å²) in [5.41, 5.74) is 1.92. The van der Waals surface area contributed by atoms with Crippen molar-refractivity contribution in [2.75, 3.05) is 20.2 Å². The third-order valence-corrected chi connectivity index (χ3v) is 6.85. The highest BCUT2D eigenvalue weighted by Gasteiger charge is 2.38. The zero-order chi connectivity index (χ0) is 23.1. The molecule has 2 aromatic carbocycles. The van der Waals surface area contributed by atoms with E-state index in [4.69, 9.17) is 9.47 Å². The number of carbonyl (C=O) groups excluding carboxylic acids is 2. The first-order valence-corrected chi connectivity index (χ1v) is 11.9. The van der Waals surface area contributed by atoms with Crippen LogP contribution in [0.2, 0.25) is 0 Å². The molecule has 176 valence electrons. The number of benzene rings is 2. The van der Waals surface area contributed by atoms with Crippen molar-refractivity contribution in [3.8, 4) is 5.75 Å². The first-order chi connectivity index (χ1) is 16.0. The van der Waals surface area contributed by atoms with Crippen LogP contribution in [0.3, 0.4) is 0 Å². The molecular weight excluding hydrogens is 416 g/mol. The molecule has 0 saturated carbocycles. The van der Waals surface area contributed by atoms with Crippen LogP contribution in [0, 0.1) is 0 Å². The molecule has 1 N–H and O–H groups in total. The third-order valence-electron chi connectivity index (χ3n) is 6.85. The Morgan fingerprint density at radius 2 is 1.85 bits per heavy atom. The van der Waals surface area contributed by atoms with Gasteiger partial charge in [0.05, 0.1) is 19.8 Å². The minimum absolute atomic E-state index is 0.0710. The fraction of sp³-hybridized carbons (Fsp3) is 0.481. The Labute approximate surface area is 196 Å². The minimum Gasteiger partial charge on any atom is -0.497 e. The Balaban J connectivity index is 1.27. The van der Waals surface area contributed by atoms with E-state index in [-0.39, 0.29) is 23.5 Å². The van der Waals surface area contributed by atoms with Gasteiger partial charge in [-0.25, -0.2) is 0 Å². The summed E-state index contributed by atoms with van der Waals surface area (Å²) in [5, 5.41) is 3.18. The highest BCUT2D eigenvalue weighted by molar-refractivity contribution is 5.80. The van der Waals surface area contributed by atoms with Gasteiger partial charge in [0, 0.05) is 31.5 Å². The van der Waals surface area contributed by atoms with Crippen LogP contribution in [0.5, 0.6) is 5.75 Å². The predicted octanol–water partition coefficient (Wildman–Crippen LogP) is 3.87. The summed E-state index contributed by atoms with van der Waals surface area (Å²) >= 11 is 0. The van der Waals surface area contributed by atoms with Crippen molar-refractivity contribution in [1.29, 1.82) is 0 Å². The average molecular weight is 451 g/mol. The van der Waals surface area contributed by atoms with Gasteiger partial charge >= 0.3 is 0 Å². The highest BCUT2D eigenvalue weighted by atomic mass is 16.5. The van der Waals surface area contributed by atoms with Crippen molar-refractivity contribution in [2.24, 2.45) is 0 Å². The second-order valence-corrected chi connectivity index (χ2v) is 9.23. The lowest BCUT2D eigenvalue weighted by atomic mass is 9.84. The molecule has 4 rings (SSSR count). The summed E-state index contributed by atoms with van der Waals surface area (Å²) in [4.78, 5) is 27.0. The standard InChI is InChI=1S/C27H34N2O4/c1-32-24-9-5-8-22(18-24)19-27(14-10-25(30)28-27)15-11-26(31)29-16-12-23(13-17-29)33-20-21-6-3-2-4-7-21/h2-9,18,23H,10-17,19-20H2,1H3,(H,28,30)/t27-/m1/s1. The number of nitrogens with one attached hydrogen (secondary N) is 1. The number of methoxy groups -OCH3 is 1. The van der Waals surface area contributed by atoms with Crippen LogP contribution in [-0.2, 0) is 27.4 Å². The normalized spacial score (nSPS) is 21.1. The van der Waals surface area contributed by atoms with Gasteiger partial charge in [0.15, 0.2) is 0 Å². The van der Waals surface area contributed by atoms with E-state index in [1.165, 1.54) is 5.56 Å². The van der Waals surface area contributed by atoms with Crippen molar-refractivity contribution in [3.05, 3.63) is 65.7 Å². The van der Waals surface area contributed by atoms with Crippen LogP contribution >= 0.6 is 0 Å². The van der Waals surface area contributed by atoms with Gasteiger partial charge in [-0.3, -0.25) is 9.59 Å². The Morgan fingerprint density at radius 1 is 1.09 bits per heavy atom. The van der Waals surface area contributed by atoms with E-state index in [0.29, 0.717) is 32.3 Å². The molecular formula is C27H34N2O4. The lowest BCUT2D eigenvalue weighted by Gasteiger charge is -2.34. The van der Waals surface area contributed by atoms with E-state index in [1.807, 2.05) is 41.3 Å². The average Bonchev–Trinajstić information content (AvgIpc) is 3.22. The van der Waals surface area contributed by atoms with Crippen molar-refractivity contribution in [3.63, 3.8) is 0 Å². The smallest absolute Gasteiger partial charge is 0.222 e. The SMILES string of the molecule is COc1cccc(C[C@]2(CCC(=O)N3CCC(OCc4ccccc4)CC3)CCC(=O)N2)c1. The highest BCUT2D eigenvalue weighted by Crippen LogP contribution is 2.31. The topological polar surface area (TPSA) is 67.9 Å². The maximum atomic E-state index is 13.0. The molecule has 2 aliphatic rings. The molecule has 6 nitrogen and oxygen atoms in total. The summed E-state index contributed by atoms with van der Waals surface area (Å²) in [6, 6.07) is 18.1. The van der Waals surface area contributed by atoms with E-state index >= 15 is 0 Å². The maximum Gasteiger partial charge on any atom is 0.222 e. The Kier molecular flexibility index (Phi) is 7.65. The van der Waals surface area contributed by atoms with Crippen LogP contribution in [0.25, 0.3) is 0 Å². The summed E-state index contributed by atoms with van der Waals surface area (Å²) < 4.78 is 11.4. The van der Waals surface area contributed by atoms with E-state index < -0.39 is 0 Å². The van der Waals surface area contributed by atoms with Gasteiger partial charge in [-0.05, 0) is 55.4 Å². The zero-order valence-corrected chi connectivity index (χ0v) is 19.4. The molecule has 0 unspecified atom stereocenters. The number of nitrogens with zero attached hydrogens (tertiary/aromatic N) is 1. The van der Waals surface area contributed by atoms with E-state index in [1.54, 1.807) is 7.11 Å². The van der Waals surface area contributed by atoms with Gasteiger partial charge < -0.3 is 19.7 Å². The number of hydrogen-bond donors (Lipinski definition) is 1. The zero-order valence-electron chi connectivity index (χ0n) is 19.4. The molecule has 1 atom stereocenters. The predicted molar refractivity (Wildman–Crippen MR) is 127 cm³/mol. The van der Waals surface area contributed by atoms with Crippen LogP contribution in [0.15, 0.2) is 54.6 Å². The molecule has 2 saturated heterocycles. The second kappa shape index (κ2) is 10.8. The maximum absolute atomic E-state index is 13.0. The number of carbonyl (C=O) groups is 2. The lowest BCUT2D eigenvalue weighted by molar-refractivity contribution is -0.134. The number of piperidine rings is 1. The molecule has 0 aliphatic carbocycles. The Bertz CT molecular complexity index is 940. The van der Waals surface area contributed by atoms with Crippen LogP contribution in [-0.4, -0.2) is 48.6 Å². The molecule has 6 heteroatoms. The van der Waals surface area contributed by atoms with Gasteiger partial charge in [0.1, 0.15) is 5.75 Å². The third kappa shape index (κ3) is 6.35. The number of ether oxygens (including phenoxy) is 2. The molecule has 2 heterocycles. The van der Waals surface area contributed by atoms with E-state index in [0.717, 1.165) is 43.7 Å². The van der Waals surface area contributed by atoms with Crippen LogP contribution < -0.4 is 10.1 Å². The van der Waals surface area contributed by atoms with Crippen molar-refractivity contribution >= 4 is 11.8 Å². The van der Waals surface area contributed by atoms with E-state index in [2.05, 4.69) is 23.5 Å². The fourth-order valence-corrected chi connectivity index (χ4v) is 4.92. The second-order valence-electron chi connectivity index (χ2n) is 9.23. The van der Waals surface area contributed by atoms with Gasteiger partial charge in [0.25, 0.3) is 0 Å².